The highest BCUT2D eigenvalue weighted by Gasteiger charge is 2.34. The molecular weight excluding hydrogens is 180 g/mol. The fraction of sp³-hybridized carbons (Fsp3) is 0.727. The van der Waals surface area contributed by atoms with Gasteiger partial charge in [-0.3, -0.25) is 4.79 Å². The minimum atomic E-state index is -0.571. The predicted octanol–water partition coefficient (Wildman–Crippen LogP) is 1.51. The second kappa shape index (κ2) is 4.60. The van der Waals surface area contributed by atoms with Crippen molar-refractivity contribution in [3.05, 3.63) is 12.2 Å². The average Bonchev–Trinajstić information content (AvgIpc) is 2.16. The zero-order valence-electron chi connectivity index (χ0n) is 8.82. The van der Waals surface area contributed by atoms with E-state index in [2.05, 4.69) is 11.3 Å². The maximum absolute atomic E-state index is 11.2. The number of hydrogen-bond donors (Lipinski definition) is 1. The molecule has 0 aromatic rings. The van der Waals surface area contributed by atoms with Gasteiger partial charge in [-0.2, -0.15) is 0 Å². The molecule has 0 spiro atoms. The molecule has 0 bridgehead atoms. The summed E-state index contributed by atoms with van der Waals surface area (Å²) in [7, 11) is 1.36. The Labute approximate surface area is 84.8 Å². The molecule has 0 aromatic carbocycles. The van der Waals surface area contributed by atoms with Crippen LogP contribution in [0.4, 0.5) is 0 Å². The van der Waals surface area contributed by atoms with Crippen LogP contribution in [0.25, 0.3) is 0 Å². The molecule has 0 heterocycles. The summed E-state index contributed by atoms with van der Waals surface area (Å²) in [6, 6.07) is 0. The highest BCUT2D eigenvalue weighted by atomic mass is 16.5. The second-order valence-electron chi connectivity index (χ2n) is 4.05. The second-order valence-corrected chi connectivity index (χ2v) is 4.05. The van der Waals surface area contributed by atoms with E-state index in [1.54, 1.807) is 0 Å². The van der Waals surface area contributed by atoms with Gasteiger partial charge >= 0.3 is 5.97 Å². The third-order valence-corrected chi connectivity index (χ3v) is 3.02. The predicted molar refractivity (Wildman–Crippen MR) is 53.7 cm³/mol. The Morgan fingerprint density at radius 3 is 2.57 bits per heavy atom. The van der Waals surface area contributed by atoms with Crippen molar-refractivity contribution >= 4 is 5.97 Å². The molecule has 1 fully saturated rings. The minimum absolute atomic E-state index is 0.294. The maximum Gasteiger partial charge on any atom is 0.311 e. The Bertz CT molecular complexity index is 235. The summed E-state index contributed by atoms with van der Waals surface area (Å²) in [4.78, 5) is 11.2. The van der Waals surface area contributed by atoms with Crippen LogP contribution in [0.2, 0.25) is 0 Å². The first-order valence-electron chi connectivity index (χ1n) is 4.97. The summed E-state index contributed by atoms with van der Waals surface area (Å²) in [5.74, 6) is -0.279. The van der Waals surface area contributed by atoms with Gasteiger partial charge in [0.2, 0.25) is 0 Å². The van der Waals surface area contributed by atoms with Gasteiger partial charge < -0.3 is 9.84 Å². The first-order valence-corrected chi connectivity index (χ1v) is 4.97. The molecule has 1 rings (SSSR count). The molecule has 1 N–H and O–H groups in total. The van der Waals surface area contributed by atoms with Crippen molar-refractivity contribution in [2.75, 3.05) is 7.11 Å². The molecule has 3 atom stereocenters. The Balaban J connectivity index is 2.56. The molecule has 1 aliphatic rings. The van der Waals surface area contributed by atoms with Crippen molar-refractivity contribution in [3.63, 3.8) is 0 Å². The van der Waals surface area contributed by atoms with E-state index in [9.17, 15) is 9.90 Å². The third kappa shape index (κ3) is 2.35. The Kier molecular flexibility index (Phi) is 3.69. The van der Waals surface area contributed by atoms with Crippen molar-refractivity contribution in [2.24, 2.45) is 11.8 Å². The standard InChI is InChI=1S/C11H18O3/c1-7(2)8-4-5-9(10(12)6-8)11(13)14-3/h8-10,12H,1,4-6H2,2-3H3. The molecule has 1 saturated carbocycles. The first-order chi connectivity index (χ1) is 6.56. The van der Waals surface area contributed by atoms with Crippen molar-refractivity contribution < 1.29 is 14.6 Å². The molecule has 0 aliphatic heterocycles. The van der Waals surface area contributed by atoms with E-state index in [1.807, 2.05) is 6.92 Å². The number of methoxy groups -OCH3 is 1. The molecule has 80 valence electrons. The van der Waals surface area contributed by atoms with Crippen LogP contribution in [0, 0.1) is 11.8 Å². The van der Waals surface area contributed by atoms with Crippen LogP contribution in [-0.4, -0.2) is 24.3 Å². The fourth-order valence-corrected chi connectivity index (χ4v) is 2.02. The van der Waals surface area contributed by atoms with Gasteiger partial charge in [0, 0.05) is 0 Å². The Morgan fingerprint density at radius 1 is 1.50 bits per heavy atom. The maximum atomic E-state index is 11.2. The molecule has 3 nitrogen and oxygen atoms in total. The van der Waals surface area contributed by atoms with E-state index in [-0.39, 0.29) is 11.9 Å². The smallest absolute Gasteiger partial charge is 0.311 e. The van der Waals surface area contributed by atoms with Crippen LogP contribution >= 0.6 is 0 Å². The topological polar surface area (TPSA) is 46.5 Å². The number of ether oxygens (including phenoxy) is 1. The lowest BCUT2D eigenvalue weighted by Gasteiger charge is -2.31. The monoisotopic (exact) mass is 198 g/mol. The lowest BCUT2D eigenvalue weighted by Crippen LogP contribution is -2.35. The highest BCUT2D eigenvalue weighted by molar-refractivity contribution is 5.73. The van der Waals surface area contributed by atoms with E-state index >= 15 is 0 Å². The normalized spacial score (nSPS) is 32.4. The summed E-state index contributed by atoms with van der Waals surface area (Å²) in [6.07, 6.45) is 1.69. The number of rotatable bonds is 2. The third-order valence-electron chi connectivity index (χ3n) is 3.02. The highest BCUT2D eigenvalue weighted by Crippen LogP contribution is 2.33. The van der Waals surface area contributed by atoms with Crippen LogP contribution < -0.4 is 0 Å². The fourth-order valence-electron chi connectivity index (χ4n) is 2.02. The van der Waals surface area contributed by atoms with Gasteiger partial charge in [0.1, 0.15) is 0 Å². The molecule has 1 aliphatic carbocycles. The molecule has 0 saturated heterocycles. The molecule has 0 radical (unpaired) electrons. The lowest BCUT2D eigenvalue weighted by molar-refractivity contribution is -0.151. The summed E-state index contributed by atoms with van der Waals surface area (Å²) in [5, 5.41) is 9.75. The molecule has 3 unspecified atom stereocenters. The van der Waals surface area contributed by atoms with E-state index in [4.69, 9.17) is 0 Å². The molecular formula is C11H18O3. The van der Waals surface area contributed by atoms with Crippen LogP contribution in [0.15, 0.2) is 12.2 Å². The lowest BCUT2D eigenvalue weighted by atomic mass is 9.77. The SMILES string of the molecule is C=C(C)C1CCC(C(=O)OC)C(O)C1. The van der Waals surface area contributed by atoms with Gasteiger partial charge in [0.15, 0.2) is 0 Å². The quantitative estimate of drug-likeness (QED) is 0.540. The number of carbonyl (C=O) groups is 1. The number of esters is 1. The number of aliphatic hydroxyl groups is 1. The zero-order chi connectivity index (χ0) is 10.7. The summed E-state index contributed by atoms with van der Waals surface area (Å²) >= 11 is 0. The van der Waals surface area contributed by atoms with Gasteiger partial charge in [0.25, 0.3) is 0 Å². The summed E-state index contributed by atoms with van der Waals surface area (Å²) in [6.45, 7) is 5.84. The Morgan fingerprint density at radius 2 is 2.14 bits per heavy atom. The van der Waals surface area contributed by atoms with E-state index in [0.717, 1.165) is 12.0 Å². The van der Waals surface area contributed by atoms with Gasteiger partial charge in [-0.25, -0.2) is 0 Å². The summed E-state index contributed by atoms with van der Waals surface area (Å²) < 4.78 is 4.63. The Hall–Kier alpha value is -0.830. The zero-order valence-corrected chi connectivity index (χ0v) is 8.82. The van der Waals surface area contributed by atoms with Crippen LogP contribution in [0.1, 0.15) is 26.2 Å². The van der Waals surface area contributed by atoms with E-state index in [1.165, 1.54) is 7.11 Å². The largest absolute Gasteiger partial charge is 0.469 e. The van der Waals surface area contributed by atoms with Crippen LogP contribution in [-0.2, 0) is 9.53 Å². The number of carbonyl (C=O) groups excluding carboxylic acids is 1. The molecule has 0 amide bonds. The average molecular weight is 198 g/mol. The van der Waals surface area contributed by atoms with Crippen molar-refractivity contribution in [1.82, 2.24) is 0 Å². The van der Waals surface area contributed by atoms with Crippen LogP contribution in [0.3, 0.4) is 0 Å². The molecule has 14 heavy (non-hydrogen) atoms. The van der Waals surface area contributed by atoms with Crippen LogP contribution in [0.5, 0.6) is 0 Å². The first kappa shape index (κ1) is 11.2. The number of hydrogen-bond acceptors (Lipinski definition) is 3. The van der Waals surface area contributed by atoms with E-state index < -0.39 is 6.10 Å². The van der Waals surface area contributed by atoms with Gasteiger partial charge in [-0.1, -0.05) is 12.2 Å². The van der Waals surface area contributed by atoms with Gasteiger partial charge in [0.05, 0.1) is 19.1 Å². The molecule has 3 heteroatoms. The van der Waals surface area contributed by atoms with Crippen molar-refractivity contribution in [1.29, 1.82) is 0 Å². The van der Waals surface area contributed by atoms with Crippen molar-refractivity contribution in [3.8, 4) is 0 Å². The minimum Gasteiger partial charge on any atom is -0.469 e. The van der Waals surface area contributed by atoms with E-state index in [0.29, 0.717) is 18.8 Å². The number of allylic oxidation sites excluding steroid dienone is 1. The van der Waals surface area contributed by atoms with Gasteiger partial charge in [-0.15, -0.1) is 0 Å². The molecule has 0 aromatic heterocycles. The van der Waals surface area contributed by atoms with Crippen molar-refractivity contribution in [2.45, 2.75) is 32.3 Å². The number of aliphatic hydroxyl groups excluding tert-OH is 1. The van der Waals surface area contributed by atoms with Gasteiger partial charge in [-0.05, 0) is 32.1 Å². The summed E-state index contributed by atoms with van der Waals surface area (Å²) in [5.41, 5.74) is 1.09.